The third-order valence-electron chi connectivity index (χ3n) is 5.69. The molecule has 2 fully saturated rings. The average molecular weight is 428 g/mol. The van der Waals surface area contributed by atoms with E-state index in [4.69, 9.17) is 0 Å². The Morgan fingerprint density at radius 1 is 1.00 bits per heavy atom. The number of nitrogens with one attached hydrogen (secondary N) is 1. The lowest BCUT2D eigenvalue weighted by Gasteiger charge is -2.26. The Labute approximate surface area is 180 Å². The van der Waals surface area contributed by atoms with Gasteiger partial charge >= 0.3 is 6.03 Å². The summed E-state index contributed by atoms with van der Waals surface area (Å²) < 4.78 is 13.2. The van der Waals surface area contributed by atoms with Crippen molar-refractivity contribution in [3.8, 4) is 0 Å². The van der Waals surface area contributed by atoms with Crippen molar-refractivity contribution in [1.29, 1.82) is 0 Å². The number of halogens is 1. The monoisotopic (exact) mass is 427 g/mol. The van der Waals surface area contributed by atoms with Gasteiger partial charge in [-0.3, -0.25) is 4.79 Å². The van der Waals surface area contributed by atoms with Crippen LogP contribution in [0, 0.1) is 5.82 Å². The van der Waals surface area contributed by atoms with Crippen molar-refractivity contribution in [3.05, 3.63) is 65.5 Å². The van der Waals surface area contributed by atoms with Crippen LogP contribution in [0.15, 0.2) is 48.5 Å². The van der Waals surface area contributed by atoms with Gasteiger partial charge in [0, 0.05) is 36.8 Å². The Balaban J connectivity index is 1.35. The van der Waals surface area contributed by atoms with Crippen molar-refractivity contribution in [3.63, 3.8) is 0 Å². The molecule has 2 aliphatic heterocycles. The number of hydrogen-bond acceptors (Lipinski definition) is 3. The second kappa shape index (κ2) is 9.51. The molecule has 2 aromatic carbocycles. The third kappa shape index (κ3) is 4.95. The predicted octanol–water partition coefficient (Wildman–Crippen LogP) is 4.31. The Hall–Kier alpha value is -2.54. The average Bonchev–Trinajstić information content (AvgIpc) is 3.26. The van der Waals surface area contributed by atoms with E-state index in [9.17, 15) is 14.0 Å². The minimum atomic E-state index is -0.273. The number of thioether (sulfide) groups is 1. The first kappa shape index (κ1) is 20.7. The van der Waals surface area contributed by atoms with Crippen LogP contribution in [0.2, 0.25) is 0 Å². The molecule has 30 heavy (non-hydrogen) atoms. The second-order valence-electron chi connectivity index (χ2n) is 7.70. The molecule has 0 saturated carbocycles. The van der Waals surface area contributed by atoms with Gasteiger partial charge in [0.05, 0.1) is 12.5 Å². The summed E-state index contributed by atoms with van der Waals surface area (Å²) in [5, 5.41) is 2.95. The lowest BCUT2D eigenvalue weighted by molar-refractivity contribution is -0.130. The van der Waals surface area contributed by atoms with Gasteiger partial charge in [0.15, 0.2) is 0 Å². The van der Waals surface area contributed by atoms with Gasteiger partial charge in [-0.2, -0.15) is 11.8 Å². The number of likely N-dealkylation sites (tertiary alicyclic amines) is 1. The van der Waals surface area contributed by atoms with Crippen molar-refractivity contribution in [2.75, 3.05) is 36.5 Å². The minimum Gasteiger partial charge on any atom is -0.341 e. The zero-order valence-corrected chi connectivity index (χ0v) is 17.7. The number of carbonyl (C=O) groups excluding carboxylic acids is 2. The lowest BCUT2D eigenvalue weighted by atomic mass is 10.0. The molecule has 0 aromatic heterocycles. The summed E-state index contributed by atoms with van der Waals surface area (Å²) in [5.41, 5.74) is 2.60. The number of carbonyl (C=O) groups is 2. The van der Waals surface area contributed by atoms with Crippen LogP contribution in [0.3, 0.4) is 0 Å². The molecule has 158 valence electrons. The molecular formula is C23H26FN3O2S. The molecule has 0 spiro atoms. The molecule has 2 aromatic rings. The van der Waals surface area contributed by atoms with Gasteiger partial charge in [0.1, 0.15) is 5.82 Å². The van der Waals surface area contributed by atoms with E-state index < -0.39 is 0 Å². The molecule has 7 heteroatoms. The fraction of sp³-hybridized carbons (Fsp3) is 0.391. The van der Waals surface area contributed by atoms with Crippen molar-refractivity contribution < 1.29 is 14.0 Å². The lowest BCUT2D eigenvalue weighted by Crippen LogP contribution is -2.38. The fourth-order valence-electron chi connectivity index (χ4n) is 4.04. The van der Waals surface area contributed by atoms with Gasteiger partial charge < -0.3 is 15.1 Å². The number of hydrogen-bond donors (Lipinski definition) is 1. The predicted molar refractivity (Wildman–Crippen MR) is 118 cm³/mol. The summed E-state index contributed by atoms with van der Waals surface area (Å²) >= 11 is 1.88. The van der Waals surface area contributed by atoms with Gasteiger partial charge in [-0.1, -0.05) is 24.3 Å². The van der Waals surface area contributed by atoms with Crippen LogP contribution in [0.5, 0.6) is 0 Å². The summed E-state index contributed by atoms with van der Waals surface area (Å²) in [4.78, 5) is 29.0. The number of urea groups is 1. The van der Waals surface area contributed by atoms with E-state index >= 15 is 0 Å². The first-order valence-electron chi connectivity index (χ1n) is 10.4. The molecule has 1 N–H and O–H groups in total. The standard InChI is InChI=1S/C23H26FN3O2S/c24-19-7-5-18(6-8-19)21-2-1-11-27(21)23(29)25-20-9-3-17(4-10-20)16-22(28)26-12-14-30-15-13-26/h3-10,21H,1-2,11-16H2,(H,25,29). The second-order valence-corrected chi connectivity index (χ2v) is 8.92. The molecule has 4 rings (SSSR count). The summed E-state index contributed by atoms with van der Waals surface area (Å²) in [6.45, 7) is 2.32. The number of anilines is 1. The molecule has 2 heterocycles. The normalized spacial score (nSPS) is 19.0. The van der Waals surface area contributed by atoms with Crippen molar-refractivity contribution in [2.45, 2.75) is 25.3 Å². The Bertz CT molecular complexity index is 882. The molecule has 1 unspecified atom stereocenters. The smallest absolute Gasteiger partial charge is 0.322 e. The summed E-state index contributed by atoms with van der Waals surface area (Å²) in [7, 11) is 0. The van der Waals surface area contributed by atoms with Crippen LogP contribution < -0.4 is 5.32 Å². The van der Waals surface area contributed by atoms with Crippen molar-refractivity contribution in [1.82, 2.24) is 9.80 Å². The topological polar surface area (TPSA) is 52.7 Å². The molecule has 5 nitrogen and oxygen atoms in total. The number of rotatable bonds is 4. The summed E-state index contributed by atoms with van der Waals surface area (Å²) in [6.07, 6.45) is 2.18. The van der Waals surface area contributed by atoms with Gasteiger partial charge in [0.25, 0.3) is 0 Å². The first-order valence-corrected chi connectivity index (χ1v) is 11.5. The zero-order valence-electron chi connectivity index (χ0n) is 16.9. The van der Waals surface area contributed by atoms with Crippen LogP contribution in [0.25, 0.3) is 0 Å². The Morgan fingerprint density at radius 2 is 1.70 bits per heavy atom. The summed E-state index contributed by atoms with van der Waals surface area (Å²) in [6, 6.07) is 13.7. The molecule has 2 aliphatic rings. The molecule has 2 saturated heterocycles. The summed E-state index contributed by atoms with van der Waals surface area (Å²) in [5.74, 6) is 1.90. The van der Waals surface area contributed by atoms with Crippen molar-refractivity contribution >= 4 is 29.4 Å². The SMILES string of the molecule is O=C(Cc1ccc(NC(=O)N2CCCC2c2ccc(F)cc2)cc1)N1CCSCC1. The highest BCUT2D eigenvalue weighted by Gasteiger charge is 2.30. The maximum Gasteiger partial charge on any atom is 0.322 e. The highest BCUT2D eigenvalue weighted by molar-refractivity contribution is 7.99. The number of benzene rings is 2. The van der Waals surface area contributed by atoms with Crippen LogP contribution in [0.4, 0.5) is 14.9 Å². The highest BCUT2D eigenvalue weighted by atomic mass is 32.2. The third-order valence-corrected chi connectivity index (χ3v) is 6.64. The van der Waals surface area contributed by atoms with E-state index in [1.54, 1.807) is 17.0 Å². The van der Waals surface area contributed by atoms with E-state index in [1.807, 2.05) is 40.9 Å². The number of amides is 3. The Kier molecular flexibility index (Phi) is 6.57. The maximum atomic E-state index is 13.2. The van der Waals surface area contributed by atoms with Gasteiger partial charge in [-0.05, 0) is 48.2 Å². The molecule has 0 bridgehead atoms. The molecule has 3 amide bonds. The van der Waals surface area contributed by atoms with E-state index in [1.165, 1.54) is 12.1 Å². The first-order chi connectivity index (χ1) is 14.6. The maximum absolute atomic E-state index is 13.2. The van der Waals surface area contributed by atoms with Gasteiger partial charge in [0.2, 0.25) is 5.91 Å². The van der Waals surface area contributed by atoms with E-state index in [2.05, 4.69) is 5.32 Å². The number of nitrogens with zero attached hydrogens (tertiary/aromatic N) is 2. The zero-order chi connectivity index (χ0) is 20.9. The van der Waals surface area contributed by atoms with Crippen molar-refractivity contribution in [2.24, 2.45) is 0 Å². The molecule has 0 aliphatic carbocycles. The van der Waals surface area contributed by atoms with Crippen LogP contribution in [-0.4, -0.2) is 52.9 Å². The quantitative estimate of drug-likeness (QED) is 0.791. The highest BCUT2D eigenvalue weighted by Crippen LogP contribution is 2.32. The molecule has 0 radical (unpaired) electrons. The van der Waals surface area contributed by atoms with Crippen LogP contribution >= 0.6 is 11.8 Å². The van der Waals surface area contributed by atoms with E-state index in [0.29, 0.717) is 18.7 Å². The van der Waals surface area contributed by atoms with Crippen LogP contribution in [-0.2, 0) is 11.2 Å². The largest absolute Gasteiger partial charge is 0.341 e. The molecule has 1 atom stereocenters. The molecular weight excluding hydrogens is 401 g/mol. The Morgan fingerprint density at radius 3 is 2.40 bits per heavy atom. The van der Waals surface area contributed by atoms with E-state index in [-0.39, 0.29) is 23.8 Å². The van der Waals surface area contributed by atoms with E-state index in [0.717, 1.165) is 48.6 Å². The van der Waals surface area contributed by atoms with Gasteiger partial charge in [-0.25, -0.2) is 9.18 Å². The van der Waals surface area contributed by atoms with Gasteiger partial charge in [-0.15, -0.1) is 0 Å². The minimum absolute atomic E-state index is 0.0369. The van der Waals surface area contributed by atoms with Crippen LogP contribution in [0.1, 0.15) is 30.0 Å². The fourth-order valence-corrected chi connectivity index (χ4v) is 4.94.